The van der Waals surface area contributed by atoms with Gasteiger partial charge in [0.2, 0.25) is 0 Å². The average molecular weight is 266 g/mol. The zero-order valence-electron chi connectivity index (χ0n) is 9.89. The van der Waals surface area contributed by atoms with Crippen molar-refractivity contribution in [1.82, 2.24) is 15.2 Å². The Kier molecular flexibility index (Phi) is 2.86. The number of nitrogens with zero attached hydrogens (tertiary/aromatic N) is 2. The SMILES string of the molecule is Nc1cc2c([C@@H]3O[C@H](CO)[C@@H](O)[C@H]3O)[nH]nc2cn1. The van der Waals surface area contributed by atoms with E-state index in [1.165, 1.54) is 6.20 Å². The number of aliphatic hydroxyl groups is 3. The van der Waals surface area contributed by atoms with E-state index in [1.807, 2.05) is 0 Å². The zero-order chi connectivity index (χ0) is 13.6. The van der Waals surface area contributed by atoms with Crippen LogP contribution in [0.25, 0.3) is 10.9 Å². The first-order chi connectivity index (χ1) is 9.11. The largest absolute Gasteiger partial charge is 0.394 e. The lowest BCUT2D eigenvalue weighted by atomic mass is 10.0. The van der Waals surface area contributed by atoms with Crippen molar-refractivity contribution in [3.63, 3.8) is 0 Å². The van der Waals surface area contributed by atoms with Gasteiger partial charge in [-0.25, -0.2) is 4.98 Å². The Bertz CT molecular complexity index is 601. The zero-order valence-corrected chi connectivity index (χ0v) is 9.89. The second-order valence-electron chi connectivity index (χ2n) is 4.52. The highest BCUT2D eigenvalue weighted by Crippen LogP contribution is 2.35. The fraction of sp³-hybridized carbons (Fsp3) is 0.455. The molecule has 0 aromatic carbocycles. The van der Waals surface area contributed by atoms with Crippen LogP contribution in [0, 0.1) is 0 Å². The molecule has 6 N–H and O–H groups in total. The van der Waals surface area contributed by atoms with Gasteiger partial charge < -0.3 is 25.8 Å². The lowest BCUT2D eigenvalue weighted by Gasteiger charge is -2.13. The summed E-state index contributed by atoms with van der Waals surface area (Å²) in [5.41, 5.74) is 6.71. The maximum atomic E-state index is 9.98. The Labute approximate surface area is 107 Å². The third-order valence-corrected chi connectivity index (χ3v) is 3.32. The summed E-state index contributed by atoms with van der Waals surface area (Å²) in [5.74, 6) is 0.321. The molecule has 0 aliphatic carbocycles. The van der Waals surface area contributed by atoms with Crippen LogP contribution in [0.5, 0.6) is 0 Å². The van der Waals surface area contributed by atoms with Crippen molar-refractivity contribution in [2.75, 3.05) is 12.3 Å². The molecular formula is C11H14N4O4. The smallest absolute Gasteiger partial charge is 0.129 e. The van der Waals surface area contributed by atoms with E-state index < -0.39 is 24.4 Å². The minimum atomic E-state index is -1.15. The minimum absolute atomic E-state index is 0.321. The van der Waals surface area contributed by atoms with E-state index >= 15 is 0 Å². The van der Waals surface area contributed by atoms with Gasteiger partial charge in [0.15, 0.2) is 0 Å². The molecule has 1 aliphatic heterocycles. The second-order valence-corrected chi connectivity index (χ2v) is 4.52. The molecule has 0 saturated carbocycles. The van der Waals surface area contributed by atoms with E-state index in [9.17, 15) is 10.2 Å². The number of anilines is 1. The Morgan fingerprint density at radius 3 is 2.84 bits per heavy atom. The Hall–Kier alpha value is -1.74. The molecule has 1 aliphatic rings. The summed E-state index contributed by atoms with van der Waals surface area (Å²) in [6.45, 7) is -0.371. The maximum absolute atomic E-state index is 9.98. The predicted molar refractivity (Wildman–Crippen MR) is 65.0 cm³/mol. The van der Waals surface area contributed by atoms with Crippen LogP contribution in [0.15, 0.2) is 12.3 Å². The predicted octanol–water partition coefficient (Wildman–Crippen LogP) is -1.31. The van der Waals surface area contributed by atoms with Gasteiger partial charge in [0.05, 0.1) is 18.5 Å². The molecule has 0 radical (unpaired) electrons. The summed E-state index contributed by atoms with van der Waals surface area (Å²) >= 11 is 0. The monoisotopic (exact) mass is 266 g/mol. The Balaban J connectivity index is 2.03. The van der Waals surface area contributed by atoms with E-state index in [4.69, 9.17) is 15.6 Å². The Morgan fingerprint density at radius 2 is 2.16 bits per heavy atom. The van der Waals surface area contributed by atoms with Gasteiger partial charge in [-0.2, -0.15) is 5.10 Å². The van der Waals surface area contributed by atoms with E-state index in [0.29, 0.717) is 22.4 Å². The van der Waals surface area contributed by atoms with Gasteiger partial charge in [-0.1, -0.05) is 0 Å². The molecule has 1 fully saturated rings. The van der Waals surface area contributed by atoms with E-state index in [-0.39, 0.29) is 6.61 Å². The summed E-state index contributed by atoms with van der Waals surface area (Å²) in [6, 6.07) is 1.61. The van der Waals surface area contributed by atoms with Crippen molar-refractivity contribution in [2.45, 2.75) is 24.4 Å². The third kappa shape index (κ3) is 1.85. The molecule has 0 spiro atoms. The van der Waals surface area contributed by atoms with Crippen LogP contribution in [-0.4, -0.2) is 55.4 Å². The second kappa shape index (κ2) is 4.42. The fourth-order valence-corrected chi connectivity index (χ4v) is 2.30. The molecule has 8 nitrogen and oxygen atoms in total. The number of pyridine rings is 1. The number of hydrogen-bond acceptors (Lipinski definition) is 7. The van der Waals surface area contributed by atoms with Crippen LogP contribution in [0.4, 0.5) is 5.82 Å². The van der Waals surface area contributed by atoms with Crippen molar-refractivity contribution in [3.05, 3.63) is 18.0 Å². The van der Waals surface area contributed by atoms with Gasteiger partial charge in [0.1, 0.15) is 35.8 Å². The third-order valence-electron chi connectivity index (χ3n) is 3.32. The number of ether oxygens (including phenoxy) is 1. The lowest BCUT2D eigenvalue weighted by molar-refractivity contribution is -0.0235. The van der Waals surface area contributed by atoms with Crippen LogP contribution >= 0.6 is 0 Å². The van der Waals surface area contributed by atoms with Crippen LogP contribution < -0.4 is 5.73 Å². The number of fused-ring (bicyclic) bond motifs is 1. The van der Waals surface area contributed by atoms with Gasteiger partial charge >= 0.3 is 0 Å². The summed E-state index contributed by atoms with van der Waals surface area (Å²) in [7, 11) is 0. The highest BCUT2D eigenvalue weighted by Gasteiger charge is 2.44. The first-order valence-corrected chi connectivity index (χ1v) is 5.83. The van der Waals surface area contributed by atoms with Crippen LogP contribution in [0.1, 0.15) is 11.8 Å². The topological polar surface area (TPSA) is 138 Å². The normalized spacial score (nSPS) is 31.1. The molecule has 0 bridgehead atoms. The van der Waals surface area contributed by atoms with Crippen molar-refractivity contribution in [3.8, 4) is 0 Å². The molecule has 4 atom stereocenters. The van der Waals surface area contributed by atoms with Crippen LogP contribution in [0.2, 0.25) is 0 Å². The van der Waals surface area contributed by atoms with Gasteiger partial charge in [-0.05, 0) is 6.07 Å². The number of H-pyrrole nitrogens is 1. The molecule has 8 heteroatoms. The van der Waals surface area contributed by atoms with Crippen molar-refractivity contribution < 1.29 is 20.1 Å². The van der Waals surface area contributed by atoms with Crippen molar-refractivity contribution in [1.29, 1.82) is 0 Å². The number of aromatic nitrogens is 3. The number of nitrogens with two attached hydrogens (primary N) is 1. The number of rotatable bonds is 2. The van der Waals surface area contributed by atoms with E-state index in [0.717, 1.165) is 0 Å². The number of nitrogen functional groups attached to an aromatic ring is 1. The summed E-state index contributed by atoms with van der Waals surface area (Å²) < 4.78 is 5.44. The molecule has 1 saturated heterocycles. The average Bonchev–Trinajstić information content (AvgIpc) is 2.92. The van der Waals surface area contributed by atoms with Gasteiger partial charge in [-0.15, -0.1) is 0 Å². The lowest BCUT2D eigenvalue weighted by Crippen LogP contribution is -2.32. The van der Waals surface area contributed by atoms with E-state index in [1.54, 1.807) is 6.07 Å². The molecule has 3 heterocycles. The van der Waals surface area contributed by atoms with Crippen molar-refractivity contribution in [2.24, 2.45) is 0 Å². The first kappa shape index (κ1) is 12.3. The maximum Gasteiger partial charge on any atom is 0.129 e. The summed E-state index contributed by atoms with van der Waals surface area (Å²) in [6.07, 6.45) is -2.40. The standard InChI is InChI=1S/C11H14N4O4/c12-7-1-4-5(2-13-7)14-15-8(4)11-10(18)9(17)6(3-16)19-11/h1-2,6,9-11,16-18H,3H2,(H2,12,13)(H,14,15)/t6-,9-,10-,11+/m1/s1. The number of hydrogen-bond donors (Lipinski definition) is 5. The van der Waals surface area contributed by atoms with Crippen LogP contribution in [-0.2, 0) is 4.74 Å². The van der Waals surface area contributed by atoms with Gasteiger partial charge in [-0.3, -0.25) is 5.10 Å². The van der Waals surface area contributed by atoms with Crippen molar-refractivity contribution >= 4 is 16.7 Å². The highest BCUT2D eigenvalue weighted by molar-refractivity contribution is 5.83. The summed E-state index contributed by atoms with van der Waals surface area (Å²) in [4.78, 5) is 3.91. The molecule has 0 amide bonds. The molecule has 19 heavy (non-hydrogen) atoms. The molecule has 0 unspecified atom stereocenters. The molecular weight excluding hydrogens is 252 g/mol. The van der Waals surface area contributed by atoms with Crippen LogP contribution in [0.3, 0.4) is 0 Å². The minimum Gasteiger partial charge on any atom is -0.394 e. The number of aromatic amines is 1. The highest BCUT2D eigenvalue weighted by atomic mass is 16.6. The quantitative estimate of drug-likeness (QED) is 0.455. The van der Waals surface area contributed by atoms with Gasteiger partial charge in [0.25, 0.3) is 0 Å². The fourth-order valence-electron chi connectivity index (χ4n) is 2.30. The van der Waals surface area contributed by atoms with Gasteiger partial charge in [0, 0.05) is 5.39 Å². The number of aliphatic hydroxyl groups excluding tert-OH is 3. The molecule has 2 aromatic rings. The number of nitrogens with one attached hydrogen (secondary N) is 1. The summed E-state index contributed by atoms with van der Waals surface area (Å²) in [5, 5.41) is 36.3. The Morgan fingerprint density at radius 1 is 1.37 bits per heavy atom. The first-order valence-electron chi connectivity index (χ1n) is 5.83. The van der Waals surface area contributed by atoms with E-state index in [2.05, 4.69) is 15.2 Å². The molecule has 2 aromatic heterocycles. The molecule has 3 rings (SSSR count). The molecule has 102 valence electrons.